The fourth-order valence-electron chi connectivity index (χ4n) is 2.25. The van der Waals surface area contributed by atoms with Crippen LogP contribution in [-0.2, 0) is 5.75 Å². The van der Waals surface area contributed by atoms with Gasteiger partial charge in [0.1, 0.15) is 5.52 Å². The molecule has 0 spiro atoms. The largest absolute Gasteiger partial charge is 0.440 e. The number of fused-ring (bicyclic) bond motifs is 2. The number of nitrogens with zero attached hydrogens (tertiary/aromatic N) is 2. The van der Waals surface area contributed by atoms with Crippen LogP contribution in [0.25, 0.3) is 22.0 Å². The highest BCUT2D eigenvalue weighted by Crippen LogP contribution is 2.25. The molecule has 0 bridgehead atoms. The van der Waals surface area contributed by atoms with Crippen molar-refractivity contribution in [2.24, 2.45) is 0 Å². The maximum atomic E-state index is 5.72. The van der Waals surface area contributed by atoms with Gasteiger partial charge in [0.15, 0.2) is 5.58 Å². The quantitative estimate of drug-likeness (QED) is 0.514. The zero-order chi connectivity index (χ0) is 14.1. The van der Waals surface area contributed by atoms with Gasteiger partial charge in [-0.3, -0.25) is 0 Å². The summed E-state index contributed by atoms with van der Waals surface area (Å²) >= 11 is 1.64. The monoisotopic (exact) mass is 292 g/mol. The van der Waals surface area contributed by atoms with Crippen molar-refractivity contribution in [1.29, 1.82) is 0 Å². The highest BCUT2D eigenvalue weighted by Gasteiger charge is 2.06. The van der Waals surface area contributed by atoms with E-state index in [-0.39, 0.29) is 0 Å². The molecule has 0 N–H and O–H groups in total. The summed E-state index contributed by atoms with van der Waals surface area (Å²) in [5.41, 5.74) is 2.75. The molecule has 0 aliphatic rings. The van der Waals surface area contributed by atoms with Gasteiger partial charge in [-0.2, -0.15) is 0 Å². The van der Waals surface area contributed by atoms with Crippen LogP contribution in [0.5, 0.6) is 0 Å². The van der Waals surface area contributed by atoms with Gasteiger partial charge in [0.2, 0.25) is 5.89 Å². The first-order valence-corrected chi connectivity index (χ1v) is 7.70. The summed E-state index contributed by atoms with van der Waals surface area (Å²) in [4.78, 5) is 9.11. The van der Waals surface area contributed by atoms with Crippen LogP contribution in [0.1, 0.15) is 5.89 Å². The maximum Gasteiger partial charge on any atom is 0.205 e. The molecule has 21 heavy (non-hydrogen) atoms. The first-order valence-electron chi connectivity index (χ1n) is 6.71. The molecule has 2 aromatic heterocycles. The average molecular weight is 292 g/mol. The smallest absolute Gasteiger partial charge is 0.205 e. The summed E-state index contributed by atoms with van der Waals surface area (Å²) in [7, 11) is 0. The predicted octanol–water partition coefficient (Wildman–Crippen LogP) is 4.67. The van der Waals surface area contributed by atoms with Gasteiger partial charge in [0, 0.05) is 5.39 Å². The molecule has 2 heterocycles. The van der Waals surface area contributed by atoms with E-state index in [0.717, 1.165) is 32.9 Å². The van der Waals surface area contributed by atoms with Crippen LogP contribution in [0.15, 0.2) is 70.1 Å². The van der Waals surface area contributed by atoms with E-state index in [1.807, 2.05) is 48.5 Å². The third-order valence-corrected chi connectivity index (χ3v) is 4.17. The van der Waals surface area contributed by atoms with E-state index in [2.05, 4.69) is 22.1 Å². The Morgan fingerprint density at radius 1 is 0.810 bits per heavy atom. The van der Waals surface area contributed by atoms with Crippen LogP contribution in [0.2, 0.25) is 0 Å². The lowest BCUT2D eigenvalue weighted by molar-refractivity contribution is 0.556. The molecular weight excluding hydrogens is 280 g/mol. The van der Waals surface area contributed by atoms with Crippen molar-refractivity contribution in [2.45, 2.75) is 10.8 Å². The number of hydrogen-bond donors (Lipinski definition) is 0. The number of aromatic nitrogens is 2. The summed E-state index contributed by atoms with van der Waals surface area (Å²) in [6.07, 6.45) is 0. The molecule has 0 unspecified atom stereocenters. The van der Waals surface area contributed by atoms with Crippen molar-refractivity contribution in [3.8, 4) is 0 Å². The van der Waals surface area contributed by atoms with Crippen LogP contribution < -0.4 is 0 Å². The van der Waals surface area contributed by atoms with Crippen molar-refractivity contribution in [1.82, 2.24) is 9.97 Å². The highest BCUT2D eigenvalue weighted by molar-refractivity contribution is 7.98. The van der Waals surface area contributed by atoms with Gasteiger partial charge in [-0.15, -0.1) is 0 Å². The Kier molecular flexibility index (Phi) is 3.09. The van der Waals surface area contributed by atoms with Crippen LogP contribution >= 0.6 is 11.8 Å². The molecule has 4 aromatic rings. The third kappa shape index (κ3) is 2.50. The first-order chi connectivity index (χ1) is 10.4. The Morgan fingerprint density at radius 2 is 1.62 bits per heavy atom. The Morgan fingerprint density at radius 3 is 2.52 bits per heavy atom. The van der Waals surface area contributed by atoms with E-state index >= 15 is 0 Å². The minimum atomic E-state index is 0.681. The molecule has 4 rings (SSSR count). The fraction of sp³-hybridized carbons (Fsp3) is 0.0588. The van der Waals surface area contributed by atoms with Crippen molar-refractivity contribution in [3.05, 3.63) is 66.6 Å². The van der Waals surface area contributed by atoms with Crippen LogP contribution in [-0.4, -0.2) is 9.97 Å². The van der Waals surface area contributed by atoms with Crippen molar-refractivity contribution < 1.29 is 4.42 Å². The number of rotatable bonds is 3. The molecule has 0 saturated carbocycles. The SMILES string of the molecule is c1ccc2nc(SCc3nc4ccccc4o3)ccc2c1. The van der Waals surface area contributed by atoms with Crippen LogP contribution in [0, 0.1) is 0 Å². The normalized spacial score (nSPS) is 11.2. The highest BCUT2D eigenvalue weighted by atomic mass is 32.2. The molecule has 0 radical (unpaired) electrons. The number of benzene rings is 2. The molecule has 0 amide bonds. The molecule has 0 atom stereocenters. The standard InChI is InChI=1S/C17H12N2OS/c1-2-6-13-12(5-1)9-10-17(19-13)21-11-16-18-14-7-3-4-8-15(14)20-16/h1-10H,11H2. The second-order valence-corrected chi connectivity index (χ2v) is 5.70. The van der Waals surface area contributed by atoms with E-state index in [0.29, 0.717) is 5.75 Å². The van der Waals surface area contributed by atoms with E-state index in [1.165, 1.54) is 0 Å². The van der Waals surface area contributed by atoms with Gasteiger partial charge in [-0.1, -0.05) is 48.2 Å². The van der Waals surface area contributed by atoms with Gasteiger partial charge in [-0.05, 0) is 24.3 Å². The Bertz CT molecular complexity index is 884. The zero-order valence-electron chi connectivity index (χ0n) is 11.2. The third-order valence-electron chi connectivity index (χ3n) is 3.25. The van der Waals surface area contributed by atoms with E-state index in [1.54, 1.807) is 11.8 Å². The number of thioether (sulfide) groups is 1. The van der Waals surface area contributed by atoms with Crippen LogP contribution in [0.3, 0.4) is 0 Å². The molecule has 4 heteroatoms. The summed E-state index contributed by atoms with van der Waals surface area (Å²) in [5, 5.41) is 2.14. The van der Waals surface area contributed by atoms with Crippen molar-refractivity contribution >= 4 is 33.8 Å². The molecule has 2 aromatic carbocycles. The lowest BCUT2D eigenvalue weighted by Gasteiger charge is -2.01. The molecule has 3 nitrogen and oxygen atoms in total. The Hall–Kier alpha value is -2.33. The second kappa shape index (κ2) is 5.22. The van der Waals surface area contributed by atoms with Crippen molar-refractivity contribution in [2.75, 3.05) is 0 Å². The summed E-state index contributed by atoms with van der Waals surface area (Å²) < 4.78 is 5.72. The Balaban J connectivity index is 1.57. The minimum Gasteiger partial charge on any atom is -0.440 e. The minimum absolute atomic E-state index is 0.681. The van der Waals surface area contributed by atoms with Gasteiger partial charge in [-0.25, -0.2) is 9.97 Å². The molecule has 0 aliphatic carbocycles. The van der Waals surface area contributed by atoms with Crippen LogP contribution in [0.4, 0.5) is 0 Å². The van der Waals surface area contributed by atoms with Gasteiger partial charge in [0.25, 0.3) is 0 Å². The van der Waals surface area contributed by atoms with Gasteiger partial charge >= 0.3 is 0 Å². The predicted molar refractivity (Wildman–Crippen MR) is 85.3 cm³/mol. The number of pyridine rings is 1. The second-order valence-electron chi connectivity index (χ2n) is 4.71. The number of para-hydroxylation sites is 3. The van der Waals surface area contributed by atoms with E-state index < -0.39 is 0 Å². The number of hydrogen-bond acceptors (Lipinski definition) is 4. The zero-order valence-corrected chi connectivity index (χ0v) is 12.0. The molecule has 0 saturated heterocycles. The fourth-order valence-corrected chi connectivity index (χ4v) is 2.97. The van der Waals surface area contributed by atoms with E-state index in [9.17, 15) is 0 Å². The Labute approximate surface area is 126 Å². The summed E-state index contributed by atoms with van der Waals surface area (Å²) in [5.74, 6) is 1.41. The lowest BCUT2D eigenvalue weighted by atomic mass is 10.2. The first kappa shape index (κ1) is 12.4. The molecule has 0 aliphatic heterocycles. The van der Waals surface area contributed by atoms with Gasteiger partial charge < -0.3 is 4.42 Å². The molecule has 102 valence electrons. The molecule has 0 fully saturated rings. The summed E-state index contributed by atoms with van der Waals surface area (Å²) in [6, 6.07) is 20.1. The summed E-state index contributed by atoms with van der Waals surface area (Å²) in [6.45, 7) is 0. The van der Waals surface area contributed by atoms with E-state index in [4.69, 9.17) is 4.42 Å². The number of oxazole rings is 1. The topological polar surface area (TPSA) is 38.9 Å². The maximum absolute atomic E-state index is 5.72. The molecular formula is C17H12N2OS. The van der Waals surface area contributed by atoms with Gasteiger partial charge in [0.05, 0.1) is 16.3 Å². The van der Waals surface area contributed by atoms with Crippen molar-refractivity contribution in [3.63, 3.8) is 0 Å². The lowest BCUT2D eigenvalue weighted by Crippen LogP contribution is -1.84. The average Bonchev–Trinajstić information content (AvgIpc) is 2.95.